The van der Waals surface area contributed by atoms with Gasteiger partial charge in [0.1, 0.15) is 11.9 Å². The molecule has 4 rings (SSSR count). The third-order valence-corrected chi connectivity index (χ3v) is 6.10. The van der Waals surface area contributed by atoms with Crippen molar-refractivity contribution in [2.24, 2.45) is 11.8 Å². The highest BCUT2D eigenvalue weighted by atomic mass is 35.5. The number of hydrogen-bond acceptors (Lipinski definition) is 7. The number of halogens is 1. The van der Waals surface area contributed by atoms with Crippen LogP contribution < -0.4 is 9.80 Å². The Morgan fingerprint density at radius 3 is 2.11 bits per heavy atom. The number of hydrogen-bond donors (Lipinski definition) is 0. The summed E-state index contributed by atoms with van der Waals surface area (Å²) in [6.07, 6.45) is 8.04. The highest BCUT2D eigenvalue weighted by molar-refractivity contribution is 6.30. The van der Waals surface area contributed by atoms with E-state index < -0.39 is 0 Å². The summed E-state index contributed by atoms with van der Waals surface area (Å²) in [5.74, 6) is 3.44. The summed E-state index contributed by atoms with van der Waals surface area (Å²) in [6, 6.07) is 4.04. The topological polar surface area (TPSA) is 81.8 Å². The van der Waals surface area contributed by atoms with E-state index in [1.54, 1.807) is 12.4 Å². The number of piperidine rings is 2. The summed E-state index contributed by atoms with van der Waals surface area (Å²) in [4.78, 5) is 21.8. The molecule has 2 saturated heterocycles. The molecule has 0 aromatic carbocycles. The zero-order valence-corrected chi connectivity index (χ0v) is 16.8. The second kappa shape index (κ2) is 8.27. The molecule has 0 amide bonds. The van der Waals surface area contributed by atoms with Crippen molar-refractivity contribution >= 4 is 23.4 Å². The fraction of sp³-hybridized carbons (Fsp3) is 0.550. The van der Waals surface area contributed by atoms with Crippen LogP contribution >= 0.6 is 11.6 Å². The first-order valence-corrected chi connectivity index (χ1v) is 10.2. The van der Waals surface area contributed by atoms with Crippen molar-refractivity contribution in [2.45, 2.75) is 32.6 Å². The Bertz CT molecular complexity index is 848. The minimum atomic E-state index is 0.258. The van der Waals surface area contributed by atoms with E-state index in [1.807, 2.05) is 13.0 Å². The van der Waals surface area contributed by atoms with Gasteiger partial charge in [-0.25, -0.2) is 19.9 Å². The average molecular weight is 398 g/mol. The SMILES string of the molecule is Cc1cc(N2CCC(C3CCN(c4ncc(Cl)cn4)CC3)CC2)nc(C#N)n1. The first-order valence-electron chi connectivity index (χ1n) is 9.85. The number of rotatable bonds is 3. The lowest BCUT2D eigenvalue weighted by Gasteiger charge is -2.40. The first kappa shape index (κ1) is 18.9. The predicted molar refractivity (Wildman–Crippen MR) is 108 cm³/mol. The van der Waals surface area contributed by atoms with Gasteiger partial charge in [-0.15, -0.1) is 0 Å². The number of nitrogens with zero attached hydrogens (tertiary/aromatic N) is 7. The Morgan fingerprint density at radius 2 is 1.54 bits per heavy atom. The highest BCUT2D eigenvalue weighted by Crippen LogP contribution is 2.34. The zero-order chi connectivity index (χ0) is 19.5. The van der Waals surface area contributed by atoms with Gasteiger partial charge in [-0.3, -0.25) is 0 Å². The van der Waals surface area contributed by atoms with Crippen LogP contribution in [0, 0.1) is 30.1 Å². The largest absolute Gasteiger partial charge is 0.356 e. The second-order valence-corrected chi connectivity index (χ2v) is 8.09. The van der Waals surface area contributed by atoms with Gasteiger partial charge in [0.05, 0.1) is 17.4 Å². The van der Waals surface area contributed by atoms with Gasteiger partial charge in [-0.2, -0.15) is 5.26 Å². The van der Waals surface area contributed by atoms with Crippen LogP contribution in [0.15, 0.2) is 18.5 Å². The molecule has 7 nitrogen and oxygen atoms in total. The van der Waals surface area contributed by atoms with Crippen LogP contribution in [0.5, 0.6) is 0 Å². The van der Waals surface area contributed by atoms with E-state index >= 15 is 0 Å². The monoisotopic (exact) mass is 397 g/mol. The lowest BCUT2D eigenvalue weighted by Crippen LogP contribution is -2.41. The molecule has 2 aliphatic heterocycles. The third-order valence-electron chi connectivity index (χ3n) is 5.90. The highest BCUT2D eigenvalue weighted by Gasteiger charge is 2.30. The molecule has 4 heterocycles. The Balaban J connectivity index is 1.31. The van der Waals surface area contributed by atoms with Gasteiger partial charge < -0.3 is 9.80 Å². The minimum Gasteiger partial charge on any atom is -0.356 e. The van der Waals surface area contributed by atoms with Crippen molar-refractivity contribution in [1.82, 2.24) is 19.9 Å². The van der Waals surface area contributed by atoms with Crippen molar-refractivity contribution in [2.75, 3.05) is 36.0 Å². The number of anilines is 2. The molecule has 0 atom stereocenters. The van der Waals surface area contributed by atoms with Crippen LogP contribution in [-0.2, 0) is 0 Å². The van der Waals surface area contributed by atoms with E-state index in [0.29, 0.717) is 5.02 Å². The molecule has 0 radical (unpaired) electrons. The standard InChI is InChI=1S/C20H24ClN7/c1-14-10-19(26-18(11-22)25-14)27-6-2-15(3-7-27)16-4-8-28(9-5-16)20-23-12-17(21)13-24-20/h10,12-13,15-16H,2-9H2,1H3. The van der Waals surface area contributed by atoms with Gasteiger partial charge in [0.15, 0.2) is 0 Å². The molecule has 2 aliphatic rings. The van der Waals surface area contributed by atoms with Crippen molar-refractivity contribution in [3.8, 4) is 6.07 Å². The minimum absolute atomic E-state index is 0.258. The molecular weight excluding hydrogens is 374 g/mol. The van der Waals surface area contributed by atoms with Gasteiger partial charge in [0.2, 0.25) is 11.8 Å². The Kier molecular flexibility index (Phi) is 5.58. The van der Waals surface area contributed by atoms with E-state index in [2.05, 4.69) is 35.8 Å². The maximum absolute atomic E-state index is 9.10. The molecule has 0 aliphatic carbocycles. The predicted octanol–water partition coefficient (Wildman–Crippen LogP) is 3.23. The summed E-state index contributed by atoms with van der Waals surface area (Å²) in [7, 11) is 0. The van der Waals surface area contributed by atoms with E-state index in [-0.39, 0.29) is 5.82 Å². The molecule has 0 spiro atoms. The summed E-state index contributed by atoms with van der Waals surface area (Å²) < 4.78 is 0. The Labute approximate surface area is 170 Å². The van der Waals surface area contributed by atoms with Crippen molar-refractivity contribution in [1.29, 1.82) is 5.26 Å². The van der Waals surface area contributed by atoms with Gasteiger partial charge in [0, 0.05) is 37.9 Å². The van der Waals surface area contributed by atoms with E-state index in [9.17, 15) is 0 Å². The Morgan fingerprint density at radius 1 is 0.964 bits per heavy atom. The quantitative estimate of drug-likeness (QED) is 0.786. The van der Waals surface area contributed by atoms with Crippen LogP contribution in [0.2, 0.25) is 5.02 Å². The summed E-state index contributed by atoms with van der Waals surface area (Å²) in [5.41, 5.74) is 0.848. The molecule has 2 aromatic heterocycles. The summed E-state index contributed by atoms with van der Waals surface area (Å²) in [5, 5.41) is 9.68. The average Bonchev–Trinajstić information content (AvgIpc) is 2.74. The van der Waals surface area contributed by atoms with E-state index in [1.165, 1.54) is 25.7 Å². The van der Waals surface area contributed by atoms with Crippen molar-refractivity contribution < 1.29 is 0 Å². The van der Waals surface area contributed by atoms with Gasteiger partial charge in [-0.05, 0) is 44.4 Å². The summed E-state index contributed by atoms with van der Waals surface area (Å²) >= 11 is 5.89. The molecular formula is C20H24ClN7. The zero-order valence-electron chi connectivity index (χ0n) is 16.1. The molecule has 146 valence electrons. The molecule has 2 aromatic rings. The molecule has 0 unspecified atom stereocenters. The lowest BCUT2D eigenvalue weighted by atomic mass is 9.79. The normalized spacial score (nSPS) is 18.9. The third kappa shape index (κ3) is 4.17. The van der Waals surface area contributed by atoms with Crippen LogP contribution in [0.1, 0.15) is 37.2 Å². The second-order valence-electron chi connectivity index (χ2n) is 7.65. The molecule has 0 bridgehead atoms. The first-order chi connectivity index (χ1) is 13.6. The van der Waals surface area contributed by atoms with Crippen LogP contribution in [-0.4, -0.2) is 46.1 Å². The van der Waals surface area contributed by atoms with Gasteiger partial charge in [0.25, 0.3) is 0 Å². The lowest BCUT2D eigenvalue weighted by molar-refractivity contribution is 0.232. The van der Waals surface area contributed by atoms with E-state index in [4.69, 9.17) is 16.9 Å². The fourth-order valence-corrected chi connectivity index (χ4v) is 4.50. The summed E-state index contributed by atoms with van der Waals surface area (Å²) in [6.45, 7) is 5.91. The van der Waals surface area contributed by atoms with Gasteiger partial charge in [-0.1, -0.05) is 11.6 Å². The molecule has 0 N–H and O–H groups in total. The van der Waals surface area contributed by atoms with Crippen LogP contribution in [0.3, 0.4) is 0 Å². The fourth-order valence-electron chi connectivity index (χ4n) is 4.40. The van der Waals surface area contributed by atoms with Crippen molar-refractivity contribution in [3.63, 3.8) is 0 Å². The van der Waals surface area contributed by atoms with Gasteiger partial charge >= 0.3 is 0 Å². The molecule has 28 heavy (non-hydrogen) atoms. The molecule has 0 saturated carbocycles. The number of aromatic nitrogens is 4. The maximum atomic E-state index is 9.10. The van der Waals surface area contributed by atoms with E-state index in [0.717, 1.165) is 55.5 Å². The maximum Gasteiger partial charge on any atom is 0.234 e. The van der Waals surface area contributed by atoms with Crippen molar-refractivity contribution in [3.05, 3.63) is 35.0 Å². The number of aryl methyl sites for hydroxylation is 1. The number of nitriles is 1. The smallest absolute Gasteiger partial charge is 0.234 e. The molecule has 8 heteroatoms. The molecule has 2 fully saturated rings. The van der Waals surface area contributed by atoms with Crippen LogP contribution in [0.25, 0.3) is 0 Å². The Hall–Kier alpha value is -2.46. The van der Waals surface area contributed by atoms with Crippen LogP contribution in [0.4, 0.5) is 11.8 Å².